The number of fused-ring (bicyclic) bond motifs is 3. The second-order valence-electron chi connectivity index (χ2n) is 7.92. The maximum absolute atomic E-state index is 12.6. The van der Waals surface area contributed by atoms with E-state index in [9.17, 15) is 9.59 Å². The van der Waals surface area contributed by atoms with E-state index in [2.05, 4.69) is 20.5 Å². The summed E-state index contributed by atoms with van der Waals surface area (Å²) in [5, 5.41) is 5.92. The van der Waals surface area contributed by atoms with E-state index in [0.717, 1.165) is 40.2 Å². The molecule has 8 nitrogen and oxygen atoms in total. The van der Waals surface area contributed by atoms with Crippen molar-refractivity contribution in [3.63, 3.8) is 0 Å². The molecule has 0 atom stereocenters. The van der Waals surface area contributed by atoms with Gasteiger partial charge in [-0.05, 0) is 48.7 Å². The van der Waals surface area contributed by atoms with Gasteiger partial charge in [0.15, 0.2) is 0 Å². The Morgan fingerprint density at radius 3 is 2.75 bits per heavy atom. The van der Waals surface area contributed by atoms with Gasteiger partial charge in [0.05, 0.1) is 36.1 Å². The van der Waals surface area contributed by atoms with Gasteiger partial charge in [-0.1, -0.05) is 18.2 Å². The lowest BCUT2D eigenvalue weighted by Crippen LogP contribution is -2.29. The third-order valence-corrected chi connectivity index (χ3v) is 5.93. The second-order valence-corrected chi connectivity index (χ2v) is 7.92. The molecule has 0 spiro atoms. The number of aromatic nitrogens is 2. The van der Waals surface area contributed by atoms with E-state index in [4.69, 9.17) is 10.5 Å². The number of pyridine rings is 1. The zero-order chi connectivity index (χ0) is 22.3. The summed E-state index contributed by atoms with van der Waals surface area (Å²) in [5.74, 6) is 0.0532. The maximum atomic E-state index is 12.6. The molecule has 160 valence electrons. The predicted octanol–water partition coefficient (Wildman–Crippen LogP) is 3.01. The molecular formula is C24H21N5O3. The van der Waals surface area contributed by atoms with Gasteiger partial charge in [0.2, 0.25) is 5.91 Å². The number of methoxy groups -OCH3 is 1. The summed E-state index contributed by atoms with van der Waals surface area (Å²) in [6, 6.07) is 14.7. The number of carbonyl (C=O) groups excluding carboxylic acids is 2. The molecule has 2 aromatic heterocycles. The number of hydrazone groups is 1. The summed E-state index contributed by atoms with van der Waals surface area (Å²) >= 11 is 0. The number of benzene rings is 2. The average Bonchev–Trinajstić information content (AvgIpc) is 3.55. The van der Waals surface area contributed by atoms with Crippen molar-refractivity contribution in [3.8, 4) is 5.75 Å². The third-order valence-electron chi connectivity index (χ3n) is 5.93. The topological polar surface area (TPSA) is 122 Å². The fourth-order valence-electron chi connectivity index (χ4n) is 3.91. The van der Waals surface area contributed by atoms with Crippen LogP contribution >= 0.6 is 0 Å². The molecule has 4 aromatic rings. The number of aromatic amines is 1. The Labute approximate surface area is 183 Å². The summed E-state index contributed by atoms with van der Waals surface area (Å²) in [7, 11) is 1.59. The molecule has 1 fully saturated rings. The first-order chi connectivity index (χ1) is 15.5. The standard InChI is InChI=1S/C24H21N5O3/c1-32-16-4-2-3-14(9-16)12-27-29-22(30)15-5-6-17-18-11-21(24(7-8-24)23(25)31)26-13-20(18)28-19(17)10-15/h2-6,9-13,28H,7-8H2,1H3,(H2,25,31)(H,29,30). The molecule has 1 saturated carbocycles. The molecule has 0 unspecified atom stereocenters. The van der Waals surface area contributed by atoms with Gasteiger partial charge in [-0.25, -0.2) is 5.43 Å². The van der Waals surface area contributed by atoms with E-state index >= 15 is 0 Å². The van der Waals surface area contributed by atoms with E-state index in [0.29, 0.717) is 17.0 Å². The first-order valence-electron chi connectivity index (χ1n) is 10.2. The van der Waals surface area contributed by atoms with Crippen LogP contribution in [0.3, 0.4) is 0 Å². The van der Waals surface area contributed by atoms with Crippen LogP contribution < -0.4 is 15.9 Å². The van der Waals surface area contributed by atoms with Crippen molar-refractivity contribution < 1.29 is 14.3 Å². The van der Waals surface area contributed by atoms with Gasteiger partial charge in [-0.2, -0.15) is 5.10 Å². The zero-order valence-electron chi connectivity index (χ0n) is 17.4. The van der Waals surface area contributed by atoms with Gasteiger partial charge in [0, 0.05) is 21.9 Å². The molecule has 2 heterocycles. The van der Waals surface area contributed by atoms with Crippen LogP contribution in [-0.4, -0.2) is 35.1 Å². The van der Waals surface area contributed by atoms with Crippen molar-refractivity contribution in [1.82, 2.24) is 15.4 Å². The Hall–Kier alpha value is -4.20. The van der Waals surface area contributed by atoms with Crippen LogP contribution in [0.1, 0.15) is 34.5 Å². The Bertz CT molecular complexity index is 1400. The Balaban J connectivity index is 1.39. The number of ether oxygens (including phenoxy) is 1. The lowest BCUT2D eigenvalue weighted by Gasteiger charge is -2.09. The van der Waals surface area contributed by atoms with Crippen LogP contribution in [0.4, 0.5) is 0 Å². The molecule has 32 heavy (non-hydrogen) atoms. The quantitative estimate of drug-likeness (QED) is 0.323. The van der Waals surface area contributed by atoms with Crippen LogP contribution in [0.5, 0.6) is 5.75 Å². The van der Waals surface area contributed by atoms with Gasteiger partial charge in [-0.15, -0.1) is 0 Å². The normalized spacial score (nSPS) is 14.7. The lowest BCUT2D eigenvalue weighted by atomic mass is 9.99. The highest BCUT2D eigenvalue weighted by molar-refractivity contribution is 6.09. The number of rotatable bonds is 6. The molecular weight excluding hydrogens is 406 g/mol. The predicted molar refractivity (Wildman–Crippen MR) is 122 cm³/mol. The minimum atomic E-state index is -0.640. The van der Waals surface area contributed by atoms with Gasteiger partial charge in [-0.3, -0.25) is 14.6 Å². The average molecular weight is 427 g/mol. The Morgan fingerprint density at radius 2 is 2.00 bits per heavy atom. The largest absolute Gasteiger partial charge is 0.497 e. The van der Waals surface area contributed by atoms with Gasteiger partial charge < -0.3 is 15.5 Å². The highest BCUT2D eigenvalue weighted by Crippen LogP contribution is 2.47. The molecule has 0 bridgehead atoms. The number of nitrogens with zero attached hydrogens (tertiary/aromatic N) is 2. The van der Waals surface area contributed by atoms with Crippen molar-refractivity contribution in [2.45, 2.75) is 18.3 Å². The summed E-state index contributed by atoms with van der Waals surface area (Å²) in [6.07, 6.45) is 4.72. The fourth-order valence-corrected chi connectivity index (χ4v) is 3.91. The number of amides is 2. The van der Waals surface area contributed by atoms with E-state index in [1.807, 2.05) is 36.4 Å². The van der Waals surface area contributed by atoms with Gasteiger partial charge in [0.1, 0.15) is 5.75 Å². The van der Waals surface area contributed by atoms with Crippen LogP contribution in [0.15, 0.2) is 59.8 Å². The van der Waals surface area contributed by atoms with E-state index in [-0.39, 0.29) is 11.8 Å². The SMILES string of the molecule is COc1cccc(C=NNC(=O)c2ccc3c(c2)[nH]c2cnc(C4(C(N)=O)CC4)cc23)c1. The van der Waals surface area contributed by atoms with Crippen molar-refractivity contribution in [1.29, 1.82) is 0 Å². The van der Waals surface area contributed by atoms with Crippen LogP contribution in [0, 0.1) is 0 Å². The van der Waals surface area contributed by atoms with E-state index in [1.165, 1.54) is 0 Å². The summed E-state index contributed by atoms with van der Waals surface area (Å²) in [4.78, 5) is 32.2. The maximum Gasteiger partial charge on any atom is 0.271 e. The molecule has 8 heteroatoms. The smallest absolute Gasteiger partial charge is 0.271 e. The Kier molecular flexibility index (Phi) is 4.62. The summed E-state index contributed by atoms with van der Waals surface area (Å²) in [6.45, 7) is 0. The molecule has 2 amide bonds. The number of hydrogen-bond donors (Lipinski definition) is 3. The number of hydrogen-bond acceptors (Lipinski definition) is 5. The zero-order valence-corrected chi connectivity index (χ0v) is 17.4. The minimum Gasteiger partial charge on any atom is -0.497 e. The van der Waals surface area contributed by atoms with Gasteiger partial charge in [0.25, 0.3) is 5.91 Å². The van der Waals surface area contributed by atoms with Crippen molar-refractivity contribution in [2.24, 2.45) is 10.8 Å². The van der Waals surface area contributed by atoms with Crippen LogP contribution in [0.25, 0.3) is 21.8 Å². The van der Waals surface area contributed by atoms with Crippen LogP contribution in [-0.2, 0) is 10.2 Å². The molecule has 1 aliphatic rings. The molecule has 0 saturated heterocycles. The van der Waals surface area contributed by atoms with Crippen LogP contribution in [0.2, 0.25) is 0 Å². The summed E-state index contributed by atoms with van der Waals surface area (Å²) < 4.78 is 5.18. The number of nitrogens with two attached hydrogens (primary N) is 1. The van der Waals surface area contributed by atoms with E-state index < -0.39 is 5.41 Å². The van der Waals surface area contributed by atoms with E-state index in [1.54, 1.807) is 31.7 Å². The van der Waals surface area contributed by atoms with Crippen molar-refractivity contribution in [3.05, 3.63) is 71.5 Å². The van der Waals surface area contributed by atoms with Crippen molar-refractivity contribution in [2.75, 3.05) is 7.11 Å². The molecule has 1 aliphatic carbocycles. The first kappa shape index (κ1) is 19.7. The second kappa shape index (κ2) is 7.49. The Morgan fingerprint density at radius 1 is 1.16 bits per heavy atom. The van der Waals surface area contributed by atoms with Crippen molar-refractivity contribution >= 4 is 39.8 Å². The summed E-state index contributed by atoms with van der Waals surface area (Å²) in [5.41, 5.74) is 11.1. The number of nitrogens with one attached hydrogen (secondary N) is 2. The third kappa shape index (κ3) is 3.35. The minimum absolute atomic E-state index is 0.325. The molecule has 4 N–H and O–H groups in total. The number of primary amides is 1. The molecule has 2 aromatic carbocycles. The van der Waals surface area contributed by atoms with Gasteiger partial charge >= 0.3 is 0 Å². The number of carbonyl (C=O) groups is 2. The highest BCUT2D eigenvalue weighted by Gasteiger charge is 2.51. The monoisotopic (exact) mass is 427 g/mol. The first-order valence-corrected chi connectivity index (χ1v) is 10.2. The lowest BCUT2D eigenvalue weighted by molar-refractivity contribution is -0.120. The molecule has 5 rings (SSSR count). The molecule has 0 radical (unpaired) electrons. The number of H-pyrrole nitrogens is 1. The highest BCUT2D eigenvalue weighted by atomic mass is 16.5. The molecule has 0 aliphatic heterocycles. The fraction of sp³-hybridized carbons (Fsp3) is 0.167.